The van der Waals surface area contributed by atoms with Crippen molar-refractivity contribution in [2.45, 2.75) is 18.5 Å². The number of piperazine rings is 1. The highest BCUT2D eigenvalue weighted by atomic mass is 19.1. The van der Waals surface area contributed by atoms with Crippen molar-refractivity contribution in [2.24, 2.45) is 4.99 Å². The van der Waals surface area contributed by atoms with Gasteiger partial charge in [-0.1, -0.05) is 36.4 Å². The molecule has 3 aliphatic heterocycles. The molecule has 7 heteroatoms. The van der Waals surface area contributed by atoms with Crippen LogP contribution in [0.15, 0.2) is 65.7 Å². The van der Waals surface area contributed by atoms with E-state index in [1.165, 1.54) is 29.8 Å². The third-order valence-electron chi connectivity index (χ3n) is 7.56. The van der Waals surface area contributed by atoms with Crippen molar-refractivity contribution >= 4 is 17.2 Å². The number of halogens is 2. The summed E-state index contributed by atoms with van der Waals surface area (Å²) >= 11 is 0. The first-order valence-corrected chi connectivity index (χ1v) is 12.4. The molecule has 6 rings (SSSR count). The highest BCUT2D eigenvalue weighted by Crippen LogP contribution is 2.45. The summed E-state index contributed by atoms with van der Waals surface area (Å²) in [7, 11) is 2.15. The minimum atomic E-state index is -0.452. The molecule has 0 saturated carbocycles. The second-order valence-electron chi connectivity index (χ2n) is 9.97. The van der Waals surface area contributed by atoms with E-state index in [2.05, 4.69) is 51.4 Å². The molecule has 5 nitrogen and oxygen atoms in total. The van der Waals surface area contributed by atoms with Gasteiger partial charge in [-0.2, -0.15) is 0 Å². The van der Waals surface area contributed by atoms with Gasteiger partial charge in [0.1, 0.15) is 18.2 Å². The third-order valence-corrected chi connectivity index (χ3v) is 7.56. The second-order valence-corrected chi connectivity index (χ2v) is 9.97. The quantitative estimate of drug-likeness (QED) is 0.583. The van der Waals surface area contributed by atoms with E-state index in [0.717, 1.165) is 49.6 Å². The lowest BCUT2D eigenvalue weighted by Crippen LogP contribution is -2.43. The first kappa shape index (κ1) is 23.0. The number of nitrogens with one attached hydrogen (secondary N) is 1. The Bertz CT molecular complexity index is 1330. The minimum Gasteiger partial charge on any atom is -0.377 e. The van der Waals surface area contributed by atoms with Crippen molar-refractivity contribution in [1.82, 2.24) is 9.80 Å². The summed E-state index contributed by atoms with van der Waals surface area (Å²) in [6, 6.07) is 17.4. The number of ketones is 1. The largest absolute Gasteiger partial charge is 0.377 e. The van der Waals surface area contributed by atoms with Crippen molar-refractivity contribution in [2.75, 3.05) is 45.1 Å². The number of rotatable bonds is 4. The Kier molecular flexibility index (Phi) is 5.90. The van der Waals surface area contributed by atoms with Gasteiger partial charge >= 0.3 is 0 Å². The van der Waals surface area contributed by atoms with Gasteiger partial charge in [0, 0.05) is 49.5 Å². The van der Waals surface area contributed by atoms with Crippen LogP contribution in [0.25, 0.3) is 0 Å². The fourth-order valence-electron chi connectivity index (χ4n) is 5.59. The number of Topliss-reactive ketones (excluding diaryl/α,β-unsaturated/α-hetero) is 1. The molecular weight excluding hydrogens is 458 g/mol. The maximum absolute atomic E-state index is 14.5. The monoisotopic (exact) mass is 486 g/mol. The normalized spacial score (nSPS) is 22.1. The van der Waals surface area contributed by atoms with Gasteiger partial charge in [-0.05, 0) is 48.0 Å². The number of hydrogen-bond donors (Lipinski definition) is 1. The molecule has 0 radical (unpaired) electrons. The van der Waals surface area contributed by atoms with E-state index in [0.29, 0.717) is 16.8 Å². The van der Waals surface area contributed by atoms with Crippen molar-refractivity contribution < 1.29 is 13.6 Å². The number of hydrogen-bond acceptors (Lipinski definition) is 5. The van der Waals surface area contributed by atoms with Crippen LogP contribution in [-0.2, 0) is 6.54 Å². The smallest absolute Gasteiger partial charge is 0.185 e. The second kappa shape index (κ2) is 9.22. The van der Waals surface area contributed by atoms with Crippen LogP contribution >= 0.6 is 0 Å². The van der Waals surface area contributed by atoms with Gasteiger partial charge in [-0.15, -0.1) is 0 Å². The third kappa shape index (κ3) is 4.22. The lowest BCUT2D eigenvalue weighted by molar-refractivity contribution is 0.0999. The summed E-state index contributed by atoms with van der Waals surface area (Å²) in [5.41, 5.74) is 5.50. The van der Waals surface area contributed by atoms with Gasteiger partial charge in [0.05, 0.1) is 17.7 Å². The van der Waals surface area contributed by atoms with Crippen molar-refractivity contribution in [3.8, 4) is 0 Å². The van der Waals surface area contributed by atoms with Crippen LogP contribution in [0.2, 0.25) is 0 Å². The molecule has 3 aromatic carbocycles. The highest BCUT2D eigenvalue weighted by molar-refractivity contribution is 6.21. The lowest BCUT2D eigenvalue weighted by atomic mass is 9.75. The molecule has 2 unspecified atom stereocenters. The van der Waals surface area contributed by atoms with Crippen LogP contribution < -0.4 is 5.32 Å². The predicted octanol–water partition coefficient (Wildman–Crippen LogP) is 4.65. The summed E-state index contributed by atoms with van der Waals surface area (Å²) in [6.07, 6.45) is 0. The zero-order chi connectivity index (χ0) is 24.8. The zero-order valence-corrected chi connectivity index (χ0v) is 20.2. The summed E-state index contributed by atoms with van der Waals surface area (Å²) in [5, 5.41) is 3.50. The van der Waals surface area contributed by atoms with Crippen LogP contribution in [0.4, 0.5) is 14.5 Å². The van der Waals surface area contributed by atoms with Gasteiger partial charge in [-0.3, -0.25) is 14.7 Å². The Labute approximate surface area is 209 Å². The molecule has 3 aromatic rings. The average Bonchev–Trinajstić information content (AvgIpc) is 2.88. The Morgan fingerprint density at radius 2 is 1.61 bits per heavy atom. The zero-order valence-electron chi connectivity index (χ0n) is 20.2. The molecule has 0 aromatic heterocycles. The number of benzene rings is 3. The van der Waals surface area contributed by atoms with Crippen LogP contribution in [-0.4, -0.2) is 61.1 Å². The van der Waals surface area contributed by atoms with Crippen molar-refractivity contribution in [3.63, 3.8) is 0 Å². The lowest BCUT2D eigenvalue weighted by Gasteiger charge is -2.39. The Morgan fingerprint density at radius 1 is 0.917 bits per heavy atom. The molecule has 0 amide bonds. The van der Waals surface area contributed by atoms with E-state index in [4.69, 9.17) is 0 Å². The van der Waals surface area contributed by atoms with Crippen molar-refractivity contribution in [1.29, 1.82) is 0 Å². The van der Waals surface area contributed by atoms with Gasteiger partial charge < -0.3 is 10.2 Å². The summed E-state index contributed by atoms with van der Waals surface area (Å²) < 4.78 is 28.3. The highest BCUT2D eigenvalue weighted by Gasteiger charge is 2.40. The number of carbonyl (C=O) groups is 1. The molecular formula is C29H28F2N4O. The van der Waals surface area contributed by atoms with Gasteiger partial charge in [-0.25, -0.2) is 8.78 Å². The molecule has 1 fully saturated rings. The number of likely N-dealkylation sites (N-methyl/N-ethyl adjacent to an activating group) is 1. The molecule has 0 bridgehead atoms. The van der Waals surface area contributed by atoms with E-state index in [9.17, 15) is 13.6 Å². The molecule has 36 heavy (non-hydrogen) atoms. The summed E-state index contributed by atoms with van der Waals surface area (Å²) in [6.45, 7) is 5.15. The van der Waals surface area contributed by atoms with Crippen LogP contribution in [0.1, 0.15) is 44.6 Å². The SMILES string of the molecule is CN1CCN(Cc2ccc(C3Nc4cc(F)cc5c4C(=NCC5=O)C3c3ccc(F)cc3)cc2)CC1. The molecule has 1 saturated heterocycles. The Hall–Kier alpha value is -3.42. The maximum Gasteiger partial charge on any atom is 0.185 e. The van der Waals surface area contributed by atoms with Crippen LogP contribution in [0.5, 0.6) is 0 Å². The summed E-state index contributed by atoms with van der Waals surface area (Å²) in [5.74, 6) is -1.21. The Balaban J connectivity index is 1.37. The molecule has 0 aliphatic carbocycles. The van der Waals surface area contributed by atoms with Crippen molar-refractivity contribution in [3.05, 3.63) is 100 Å². The number of nitrogens with zero attached hydrogens (tertiary/aromatic N) is 3. The van der Waals surface area contributed by atoms with E-state index in [-0.39, 0.29) is 30.1 Å². The summed E-state index contributed by atoms with van der Waals surface area (Å²) in [4.78, 5) is 22.1. The van der Waals surface area contributed by atoms with E-state index < -0.39 is 5.82 Å². The molecule has 184 valence electrons. The molecule has 2 atom stereocenters. The first-order chi connectivity index (χ1) is 17.5. The molecule has 1 N–H and O–H groups in total. The Morgan fingerprint density at radius 3 is 2.33 bits per heavy atom. The van der Waals surface area contributed by atoms with Gasteiger partial charge in [0.25, 0.3) is 0 Å². The minimum absolute atomic E-state index is 0.0143. The van der Waals surface area contributed by atoms with Crippen LogP contribution in [0.3, 0.4) is 0 Å². The maximum atomic E-state index is 14.5. The number of anilines is 1. The fourth-order valence-corrected chi connectivity index (χ4v) is 5.59. The molecule has 3 heterocycles. The van der Waals surface area contributed by atoms with E-state index >= 15 is 0 Å². The fraction of sp³-hybridized carbons (Fsp3) is 0.310. The predicted molar refractivity (Wildman–Crippen MR) is 137 cm³/mol. The number of aliphatic imine (C=N–C) groups is 1. The van der Waals surface area contributed by atoms with E-state index in [1.54, 1.807) is 12.1 Å². The van der Waals surface area contributed by atoms with Gasteiger partial charge in [0.2, 0.25) is 0 Å². The van der Waals surface area contributed by atoms with Crippen LogP contribution in [0, 0.1) is 11.6 Å². The first-order valence-electron chi connectivity index (χ1n) is 12.4. The van der Waals surface area contributed by atoms with E-state index in [1.807, 2.05) is 0 Å². The molecule has 3 aliphatic rings. The standard InChI is InChI=1S/C29H28F2N4O/c1-34-10-12-35(13-11-34)17-18-2-4-20(5-3-18)28-26(19-6-8-21(30)9-7-19)29-27-23(25(36)16-32-29)14-22(31)15-24(27)33-28/h2-9,14-15,26,28,33H,10-13,16-17H2,1H3. The van der Waals surface area contributed by atoms with Gasteiger partial charge in [0.15, 0.2) is 5.78 Å². The average molecular weight is 487 g/mol. The number of carbonyl (C=O) groups excluding carboxylic acids is 1. The topological polar surface area (TPSA) is 47.9 Å². The molecule has 0 spiro atoms.